The van der Waals surface area contributed by atoms with Crippen molar-refractivity contribution in [3.8, 4) is 27.9 Å². The standard InChI is InChI=1S/C64H46N4S/c1-2-14-45(15-3-1)67-59-23-9-8-20-51(59)52-36-41(24-29-60(52)67)42-27-32-63-55(37-42)56-40-46(28-33-64(56)69-63)68-61-30-25-43(47-16-4-6-18-49(47)57-21-10-12-34-65-57)38-53(61)54-39-44(26-31-62(54)68)48-17-5-7-19-50(48)58-22-11-13-35-66-58/h1-10,12,14-15,17-27,29-32,34-40,47H,11,13,16,28,33H2. The van der Waals surface area contributed by atoms with Crippen molar-refractivity contribution in [1.82, 2.24) is 14.1 Å². The molecule has 14 rings (SSSR count). The number of aliphatic imine (C=N–C) groups is 1. The van der Waals surface area contributed by atoms with Gasteiger partial charge >= 0.3 is 0 Å². The first-order chi connectivity index (χ1) is 34.2. The Bertz CT molecular complexity index is 4040. The van der Waals surface area contributed by atoms with E-state index in [2.05, 4.69) is 210 Å². The van der Waals surface area contributed by atoms with Gasteiger partial charge < -0.3 is 9.13 Å². The maximum absolute atomic E-state index is 4.86. The minimum absolute atomic E-state index is 0.207. The minimum Gasteiger partial charge on any atom is -0.313 e. The van der Waals surface area contributed by atoms with Gasteiger partial charge in [0.25, 0.3) is 0 Å². The van der Waals surface area contributed by atoms with Crippen molar-refractivity contribution in [1.29, 1.82) is 0 Å². The summed E-state index contributed by atoms with van der Waals surface area (Å²) in [7, 11) is 0. The van der Waals surface area contributed by atoms with Crippen LogP contribution in [0.3, 0.4) is 0 Å². The van der Waals surface area contributed by atoms with E-state index in [9.17, 15) is 0 Å². The molecule has 0 radical (unpaired) electrons. The summed E-state index contributed by atoms with van der Waals surface area (Å²) in [5.41, 5.74) is 19.5. The van der Waals surface area contributed by atoms with Gasteiger partial charge in [-0.25, -0.2) is 0 Å². The van der Waals surface area contributed by atoms with Gasteiger partial charge in [0.1, 0.15) is 0 Å². The molecule has 0 spiro atoms. The highest BCUT2D eigenvalue weighted by atomic mass is 32.1. The predicted octanol–water partition coefficient (Wildman–Crippen LogP) is 17.1. The van der Waals surface area contributed by atoms with E-state index in [1.54, 1.807) is 0 Å². The van der Waals surface area contributed by atoms with Crippen molar-refractivity contribution >= 4 is 94.3 Å². The molecule has 0 saturated carbocycles. The quantitative estimate of drug-likeness (QED) is 0.157. The first-order valence-corrected chi connectivity index (χ1v) is 25.1. The first kappa shape index (κ1) is 40.0. The lowest BCUT2D eigenvalue weighted by Crippen LogP contribution is -2.06. The molecule has 4 aromatic heterocycles. The Balaban J connectivity index is 0.915. The average molecular weight is 903 g/mol. The van der Waals surface area contributed by atoms with E-state index in [0.29, 0.717) is 0 Å². The molecule has 1 aliphatic heterocycles. The number of thiophene rings is 1. The van der Waals surface area contributed by atoms with Crippen LogP contribution in [0.15, 0.2) is 205 Å². The number of aryl methyl sites for hydroxylation is 1. The Kier molecular flexibility index (Phi) is 9.44. The Morgan fingerprint density at radius 1 is 0.551 bits per heavy atom. The van der Waals surface area contributed by atoms with Crippen molar-refractivity contribution < 1.29 is 0 Å². The lowest BCUT2D eigenvalue weighted by molar-refractivity contribution is 0.869. The number of aromatic nitrogens is 3. The molecule has 0 amide bonds. The molecule has 5 heterocycles. The predicted molar refractivity (Wildman–Crippen MR) is 293 cm³/mol. The Morgan fingerprint density at radius 2 is 1.26 bits per heavy atom. The summed E-state index contributed by atoms with van der Waals surface area (Å²) in [6.07, 6.45) is 20.4. The molecular formula is C64H46N4S. The molecule has 3 aliphatic rings. The zero-order valence-corrected chi connectivity index (χ0v) is 38.8. The minimum atomic E-state index is 0.207. The smallest absolute Gasteiger partial charge is 0.0667 e. The van der Waals surface area contributed by atoms with Crippen LogP contribution in [0.2, 0.25) is 0 Å². The third-order valence-corrected chi connectivity index (χ3v) is 16.0. The summed E-state index contributed by atoms with van der Waals surface area (Å²) < 4.78 is 6.30. The highest BCUT2D eigenvalue weighted by molar-refractivity contribution is 7.19. The molecule has 1 unspecified atom stereocenters. The number of hydrogen-bond acceptors (Lipinski definition) is 3. The van der Waals surface area contributed by atoms with Crippen molar-refractivity contribution in [2.45, 2.75) is 38.0 Å². The maximum atomic E-state index is 4.86. The van der Waals surface area contributed by atoms with Crippen LogP contribution in [0.5, 0.6) is 0 Å². The topological polar surface area (TPSA) is 35.1 Å². The summed E-state index contributed by atoms with van der Waals surface area (Å²) in [6, 6.07) is 63.0. The van der Waals surface area contributed by atoms with Gasteiger partial charge in [-0.2, -0.15) is 0 Å². The molecule has 7 aromatic carbocycles. The molecule has 0 bridgehead atoms. The van der Waals surface area contributed by atoms with E-state index in [0.717, 1.165) is 43.5 Å². The second-order valence-electron chi connectivity index (χ2n) is 18.6. The molecule has 5 heteroatoms. The molecule has 69 heavy (non-hydrogen) atoms. The highest BCUT2D eigenvalue weighted by Crippen LogP contribution is 2.46. The van der Waals surface area contributed by atoms with Gasteiger partial charge in [0, 0.05) is 71.8 Å². The van der Waals surface area contributed by atoms with Crippen molar-refractivity contribution in [3.63, 3.8) is 0 Å². The monoisotopic (exact) mass is 902 g/mol. The first-order valence-electron chi connectivity index (χ1n) is 24.3. The highest BCUT2D eigenvalue weighted by Gasteiger charge is 2.25. The van der Waals surface area contributed by atoms with E-state index in [4.69, 9.17) is 9.98 Å². The fourth-order valence-electron chi connectivity index (χ4n) is 11.5. The Hall–Kier alpha value is -8.12. The van der Waals surface area contributed by atoms with Gasteiger partial charge in [-0.1, -0.05) is 115 Å². The number of para-hydroxylation sites is 2. The second kappa shape index (κ2) is 16.3. The van der Waals surface area contributed by atoms with Crippen molar-refractivity contribution in [3.05, 3.63) is 228 Å². The van der Waals surface area contributed by atoms with Gasteiger partial charge in [-0.3, -0.25) is 9.98 Å². The zero-order chi connectivity index (χ0) is 45.4. The van der Waals surface area contributed by atoms with Crippen LogP contribution in [0, 0.1) is 0 Å². The molecule has 328 valence electrons. The largest absolute Gasteiger partial charge is 0.313 e. The number of pyridine rings is 1. The fourth-order valence-corrected chi connectivity index (χ4v) is 12.6. The van der Waals surface area contributed by atoms with Crippen molar-refractivity contribution in [2.75, 3.05) is 0 Å². The van der Waals surface area contributed by atoms with Gasteiger partial charge in [0.15, 0.2) is 0 Å². The van der Waals surface area contributed by atoms with Crippen LogP contribution in [-0.2, 0) is 6.42 Å². The normalized spacial score (nSPS) is 15.8. The number of allylic oxidation sites excluding steroid dienone is 6. The molecule has 0 fully saturated rings. The number of benzene rings is 7. The van der Waals surface area contributed by atoms with Crippen LogP contribution in [-0.4, -0.2) is 20.3 Å². The van der Waals surface area contributed by atoms with Crippen LogP contribution in [0.4, 0.5) is 0 Å². The average Bonchev–Trinajstić information content (AvgIpc) is 4.08. The third-order valence-electron chi connectivity index (χ3n) is 14.7. The molecule has 2 aliphatic carbocycles. The van der Waals surface area contributed by atoms with E-state index in [1.165, 1.54) is 114 Å². The van der Waals surface area contributed by atoms with Crippen LogP contribution in [0.25, 0.3) is 105 Å². The Labute approximate surface area is 404 Å². The molecule has 1 atom stereocenters. The maximum Gasteiger partial charge on any atom is 0.0667 e. The van der Waals surface area contributed by atoms with Gasteiger partial charge in [-0.15, -0.1) is 11.3 Å². The zero-order valence-electron chi connectivity index (χ0n) is 38.0. The summed E-state index contributed by atoms with van der Waals surface area (Å²) in [6.45, 7) is 0. The number of nitrogens with zero attached hydrogens (tertiary/aromatic N) is 4. The molecule has 0 N–H and O–H groups in total. The van der Waals surface area contributed by atoms with Crippen LogP contribution in [0.1, 0.15) is 58.9 Å². The third kappa shape index (κ3) is 6.63. The summed E-state index contributed by atoms with van der Waals surface area (Å²) in [5.74, 6) is 0.207. The van der Waals surface area contributed by atoms with E-state index in [-0.39, 0.29) is 5.92 Å². The lowest BCUT2D eigenvalue weighted by atomic mass is 9.83. The number of hydrogen-bond donors (Lipinski definition) is 0. The van der Waals surface area contributed by atoms with Gasteiger partial charge in [0.2, 0.25) is 0 Å². The second-order valence-corrected chi connectivity index (χ2v) is 19.8. The molecule has 0 saturated heterocycles. The SMILES string of the molecule is C1=CCC(c2ccc3c(c2)c2cc(-c4ccccc4C4=CCCC=N4)ccc2n3C2=Cc3c(sc4ccc(-c5ccc6c(c5)c5ccccc5n6-c5ccccc5)cc34)CC2)C(c2ccccn2)=C1. The number of rotatable bonds is 7. The van der Waals surface area contributed by atoms with Crippen LogP contribution < -0.4 is 0 Å². The molecule has 11 aromatic rings. The summed E-state index contributed by atoms with van der Waals surface area (Å²) in [4.78, 5) is 11.1. The van der Waals surface area contributed by atoms with E-state index >= 15 is 0 Å². The fraction of sp³-hybridized carbons (Fsp3) is 0.0938. The van der Waals surface area contributed by atoms with Gasteiger partial charge in [0.05, 0.1) is 33.5 Å². The van der Waals surface area contributed by atoms with E-state index < -0.39 is 0 Å². The van der Waals surface area contributed by atoms with E-state index in [1.807, 2.05) is 23.6 Å². The number of fused-ring (bicyclic) bond motifs is 9. The van der Waals surface area contributed by atoms with Crippen molar-refractivity contribution in [2.24, 2.45) is 4.99 Å². The molecular weight excluding hydrogens is 857 g/mol. The van der Waals surface area contributed by atoms with Crippen LogP contribution >= 0.6 is 11.3 Å². The Morgan fingerprint density at radius 3 is 2.12 bits per heavy atom. The molecule has 4 nitrogen and oxygen atoms in total. The van der Waals surface area contributed by atoms with Gasteiger partial charge in [-0.05, 0) is 156 Å². The lowest BCUT2D eigenvalue weighted by Gasteiger charge is -2.22. The summed E-state index contributed by atoms with van der Waals surface area (Å²) in [5, 5.41) is 6.41. The summed E-state index contributed by atoms with van der Waals surface area (Å²) >= 11 is 1.96.